The summed E-state index contributed by atoms with van der Waals surface area (Å²) in [5, 5.41) is 6.22. The zero-order chi connectivity index (χ0) is 16.9. The molecule has 3 rings (SSSR count). The van der Waals surface area contributed by atoms with Gasteiger partial charge in [-0.25, -0.2) is 4.98 Å². The molecule has 2 N–H and O–H groups in total. The molecule has 1 saturated heterocycles. The van der Waals surface area contributed by atoms with Crippen molar-refractivity contribution in [1.82, 2.24) is 20.2 Å². The normalized spacial score (nSPS) is 18.8. The number of nitrogens with zero attached hydrogens (tertiary/aromatic N) is 2. The third-order valence-corrected chi connectivity index (χ3v) is 4.07. The van der Waals surface area contributed by atoms with Gasteiger partial charge in [0, 0.05) is 38.1 Å². The van der Waals surface area contributed by atoms with Gasteiger partial charge in [0.25, 0.3) is 5.91 Å². The monoisotopic (exact) mass is 330 g/mol. The summed E-state index contributed by atoms with van der Waals surface area (Å²) in [6.45, 7) is 1.80. The maximum Gasteiger partial charge on any atom is 0.251 e. The van der Waals surface area contributed by atoms with Gasteiger partial charge < -0.3 is 24.7 Å². The third kappa shape index (κ3) is 3.42. The molecule has 0 aliphatic carbocycles. The molecule has 0 saturated carbocycles. The molecule has 1 amide bonds. The van der Waals surface area contributed by atoms with Crippen molar-refractivity contribution in [3.63, 3.8) is 0 Å². The Bertz CT molecular complexity index is 695. The van der Waals surface area contributed by atoms with Crippen LogP contribution in [0.1, 0.15) is 17.4 Å². The van der Waals surface area contributed by atoms with Crippen LogP contribution in [-0.2, 0) is 16.6 Å². The highest BCUT2D eigenvalue weighted by molar-refractivity contribution is 5.82. The summed E-state index contributed by atoms with van der Waals surface area (Å²) in [6, 6.07) is 7.19. The lowest BCUT2D eigenvalue weighted by Crippen LogP contribution is -2.49. The number of hydrogen-bond acceptors (Lipinski definition) is 5. The standard InChI is InChI=1S/C17H22N4O3/c1-21-9-7-19-16(21)15(12-5-3-4-6-13(12)23-2)20-17(22)14-11-18-8-10-24-14/h3-7,9,14-15,18H,8,10-11H2,1-2H3,(H,20,22)/t14-,15-/m1/s1. The highest BCUT2D eigenvalue weighted by atomic mass is 16.5. The number of aromatic nitrogens is 2. The van der Waals surface area contributed by atoms with Gasteiger partial charge in [0.2, 0.25) is 0 Å². The van der Waals surface area contributed by atoms with E-state index in [9.17, 15) is 4.79 Å². The average Bonchev–Trinajstić information content (AvgIpc) is 3.06. The molecule has 1 aliphatic rings. The van der Waals surface area contributed by atoms with Crippen molar-refractivity contribution in [2.45, 2.75) is 12.1 Å². The van der Waals surface area contributed by atoms with Crippen molar-refractivity contribution in [2.24, 2.45) is 7.05 Å². The number of benzene rings is 1. The van der Waals surface area contributed by atoms with Crippen molar-refractivity contribution >= 4 is 5.91 Å². The van der Waals surface area contributed by atoms with Crippen LogP contribution in [0.15, 0.2) is 36.7 Å². The van der Waals surface area contributed by atoms with E-state index in [0.717, 1.165) is 17.9 Å². The van der Waals surface area contributed by atoms with Crippen LogP contribution in [0, 0.1) is 0 Å². The van der Waals surface area contributed by atoms with Crippen molar-refractivity contribution < 1.29 is 14.3 Å². The van der Waals surface area contributed by atoms with E-state index in [-0.39, 0.29) is 5.91 Å². The number of hydrogen-bond donors (Lipinski definition) is 2. The van der Waals surface area contributed by atoms with E-state index in [1.54, 1.807) is 13.3 Å². The molecular weight excluding hydrogens is 308 g/mol. The van der Waals surface area contributed by atoms with E-state index in [4.69, 9.17) is 9.47 Å². The Morgan fingerprint density at radius 3 is 3.00 bits per heavy atom. The molecule has 128 valence electrons. The fourth-order valence-corrected chi connectivity index (χ4v) is 2.81. The Hall–Kier alpha value is -2.38. The van der Waals surface area contributed by atoms with Crippen LogP contribution in [0.3, 0.4) is 0 Å². The number of rotatable bonds is 5. The summed E-state index contributed by atoms with van der Waals surface area (Å²) in [6.07, 6.45) is 3.06. The summed E-state index contributed by atoms with van der Waals surface area (Å²) >= 11 is 0. The van der Waals surface area contributed by atoms with Crippen LogP contribution in [-0.4, -0.2) is 48.4 Å². The van der Waals surface area contributed by atoms with Gasteiger partial charge in [0.1, 0.15) is 23.7 Å². The minimum Gasteiger partial charge on any atom is -0.496 e. The number of aryl methyl sites for hydroxylation is 1. The first-order valence-electron chi connectivity index (χ1n) is 7.93. The quantitative estimate of drug-likeness (QED) is 0.840. The molecule has 1 aliphatic heterocycles. The van der Waals surface area contributed by atoms with E-state index < -0.39 is 12.1 Å². The third-order valence-electron chi connectivity index (χ3n) is 4.07. The molecular formula is C17H22N4O3. The molecule has 7 nitrogen and oxygen atoms in total. The molecule has 1 fully saturated rings. The second kappa shape index (κ2) is 7.46. The summed E-state index contributed by atoms with van der Waals surface area (Å²) in [7, 11) is 3.51. The maximum absolute atomic E-state index is 12.6. The van der Waals surface area contributed by atoms with Crippen molar-refractivity contribution in [2.75, 3.05) is 26.8 Å². The molecule has 2 atom stereocenters. The summed E-state index contributed by atoms with van der Waals surface area (Å²) in [4.78, 5) is 17.0. The molecule has 1 aromatic carbocycles. The number of carbonyl (C=O) groups is 1. The van der Waals surface area contributed by atoms with E-state index in [1.807, 2.05) is 42.1 Å². The first kappa shape index (κ1) is 16.5. The average molecular weight is 330 g/mol. The SMILES string of the molecule is COc1ccccc1[C@@H](NC(=O)[C@H]1CNCCO1)c1nccn1C. The van der Waals surface area contributed by atoms with Crippen LogP contribution in [0.5, 0.6) is 5.75 Å². The number of ether oxygens (including phenoxy) is 2. The minimum absolute atomic E-state index is 0.166. The lowest BCUT2D eigenvalue weighted by molar-refractivity contribution is -0.134. The number of para-hydroxylation sites is 1. The maximum atomic E-state index is 12.6. The van der Waals surface area contributed by atoms with Gasteiger partial charge in [0.15, 0.2) is 0 Å². The molecule has 7 heteroatoms. The van der Waals surface area contributed by atoms with E-state index in [1.165, 1.54) is 0 Å². The molecule has 0 bridgehead atoms. The van der Waals surface area contributed by atoms with Crippen LogP contribution in [0.25, 0.3) is 0 Å². The second-order valence-corrected chi connectivity index (χ2v) is 5.64. The Balaban J connectivity index is 1.91. The van der Waals surface area contributed by atoms with Gasteiger partial charge in [-0.1, -0.05) is 18.2 Å². The molecule has 2 aromatic rings. The van der Waals surface area contributed by atoms with Crippen LogP contribution in [0.2, 0.25) is 0 Å². The van der Waals surface area contributed by atoms with E-state index >= 15 is 0 Å². The fraction of sp³-hybridized carbons (Fsp3) is 0.412. The van der Waals surface area contributed by atoms with Crippen LogP contribution < -0.4 is 15.4 Å². The highest BCUT2D eigenvalue weighted by Gasteiger charge is 2.28. The van der Waals surface area contributed by atoms with Gasteiger partial charge in [0.05, 0.1) is 13.7 Å². The lowest BCUT2D eigenvalue weighted by Gasteiger charge is -2.26. The first-order valence-corrected chi connectivity index (χ1v) is 7.93. The zero-order valence-electron chi connectivity index (χ0n) is 13.9. The Morgan fingerprint density at radius 1 is 1.50 bits per heavy atom. The Kier molecular flexibility index (Phi) is 5.12. The van der Waals surface area contributed by atoms with Crippen molar-refractivity contribution in [3.05, 3.63) is 48.0 Å². The smallest absolute Gasteiger partial charge is 0.251 e. The van der Waals surface area contributed by atoms with Gasteiger partial charge >= 0.3 is 0 Å². The molecule has 24 heavy (non-hydrogen) atoms. The highest BCUT2D eigenvalue weighted by Crippen LogP contribution is 2.29. The number of carbonyl (C=O) groups excluding carboxylic acids is 1. The molecule has 0 spiro atoms. The first-order chi connectivity index (χ1) is 11.7. The predicted octanol–water partition coefficient (Wildman–Crippen LogP) is 0.623. The van der Waals surface area contributed by atoms with Gasteiger partial charge in [-0.2, -0.15) is 0 Å². The lowest BCUT2D eigenvalue weighted by atomic mass is 10.0. The molecule has 1 aromatic heterocycles. The zero-order valence-corrected chi connectivity index (χ0v) is 13.9. The van der Waals surface area contributed by atoms with E-state index in [2.05, 4.69) is 15.6 Å². The van der Waals surface area contributed by atoms with Crippen molar-refractivity contribution in [1.29, 1.82) is 0 Å². The largest absolute Gasteiger partial charge is 0.496 e. The van der Waals surface area contributed by atoms with Crippen LogP contribution >= 0.6 is 0 Å². The number of methoxy groups -OCH3 is 1. The Labute approximate surface area is 141 Å². The Morgan fingerprint density at radius 2 is 2.33 bits per heavy atom. The predicted molar refractivity (Wildman–Crippen MR) is 88.8 cm³/mol. The molecule has 2 heterocycles. The van der Waals surface area contributed by atoms with Crippen LogP contribution in [0.4, 0.5) is 0 Å². The summed E-state index contributed by atoms with van der Waals surface area (Å²) in [5.41, 5.74) is 0.853. The molecule has 0 radical (unpaired) electrons. The number of nitrogens with one attached hydrogen (secondary N) is 2. The van der Waals surface area contributed by atoms with Crippen molar-refractivity contribution in [3.8, 4) is 5.75 Å². The fourth-order valence-electron chi connectivity index (χ4n) is 2.81. The van der Waals surface area contributed by atoms with Gasteiger partial charge in [-0.3, -0.25) is 4.79 Å². The summed E-state index contributed by atoms with van der Waals surface area (Å²) < 4.78 is 12.9. The molecule has 0 unspecified atom stereocenters. The van der Waals surface area contributed by atoms with Gasteiger partial charge in [-0.05, 0) is 6.07 Å². The summed E-state index contributed by atoms with van der Waals surface area (Å²) in [5.74, 6) is 1.27. The number of imidazole rings is 1. The number of amides is 1. The topological polar surface area (TPSA) is 77.4 Å². The van der Waals surface area contributed by atoms with E-state index in [0.29, 0.717) is 18.9 Å². The van der Waals surface area contributed by atoms with Gasteiger partial charge in [-0.15, -0.1) is 0 Å². The second-order valence-electron chi connectivity index (χ2n) is 5.64. The minimum atomic E-state index is -0.503. The number of morpholine rings is 1.